The molecule has 2 N–H and O–H groups in total. The number of para-hydroxylation sites is 1. The van der Waals surface area contributed by atoms with E-state index in [2.05, 4.69) is 11.8 Å². The van der Waals surface area contributed by atoms with Crippen LogP contribution >= 0.6 is 0 Å². The molecule has 104 valence electrons. The van der Waals surface area contributed by atoms with Gasteiger partial charge in [0.25, 0.3) is 0 Å². The van der Waals surface area contributed by atoms with Crippen LogP contribution in [0.5, 0.6) is 5.75 Å². The molecule has 1 aromatic carbocycles. The number of anilines is 1. The standard InChI is InChI=1S/C14H20N2O3/c1-9-12(7-8-15)19-13-10(14(17)18-3)5-4-6-11(13)16(9)2/h4-6,9,12H,7-8,15H2,1-3H3. The number of benzene rings is 1. The summed E-state index contributed by atoms with van der Waals surface area (Å²) in [5, 5.41) is 0. The largest absolute Gasteiger partial charge is 0.485 e. The summed E-state index contributed by atoms with van der Waals surface area (Å²) < 4.78 is 10.8. The number of esters is 1. The lowest BCUT2D eigenvalue weighted by molar-refractivity contribution is 0.0589. The van der Waals surface area contributed by atoms with E-state index in [1.54, 1.807) is 6.07 Å². The van der Waals surface area contributed by atoms with Gasteiger partial charge in [0.05, 0.1) is 18.8 Å². The predicted molar refractivity (Wildman–Crippen MR) is 73.7 cm³/mol. The third-order valence-electron chi connectivity index (χ3n) is 3.65. The maximum atomic E-state index is 11.8. The number of hydrogen-bond donors (Lipinski definition) is 1. The van der Waals surface area contributed by atoms with Crippen molar-refractivity contribution in [2.45, 2.75) is 25.5 Å². The zero-order valence-corrected chi connectivity index (χ0v) is 11.6. The Kier molecular flexibility index (Phi) is 3.95. The molecule has 2 rings (SSSR count). The second kappa shape index (κ2) is 5.48. The van der Waals surface area contributed by atoms with Gasteiger partial charge in [-0.15, -0.1) is 0 Å². The summed E-state index contributed by atoms with van der Waals surface area (Å²) in [7, 11) is 3.37. The van der Waals surface area contributed by atoms with Crippen LogP contribution < -0.4 is 15.4 Å². The first-order chi connectivity index (χ1) is 9.10. The van der Waals surface area contributed by atoms with Crippen molar-refractivity contribution in [2.24, 2.45) is 5.73 Å². The predicted octanol–water partition coefficient (Wildman–Crippen LogP) is 1.41. The molecule has 1 aromatic rings. The van der Waals surface area contributed by atoms with Crippen LogP contribution in [0.15, 0.2) is 18.2 Å². The maximum absolute atomic E-state index is 11.8. The first-order valence-corrected chi connectivity index (χ1v) is 6.41. The maximum Gasteiger partial charge on any atom is 0.341 e. The summed E-state index contributed by atoms with van der Waals surface area (Å²) in [6, 6.07) is 5.70. The Balaban J connectivity index is 2.44. The highest BCUT2D eigenvalue weighted by Gasteiger charge is 2.32. The monoisotopic (exact) mass is 264 g/mol. The van der Waals surface area contributed by atoms with Crippen molar-refractivity contribution >= 4 is 11.7 Å². The highest BCUT2D eigenvalue weighted by Crippen LogP contribution is 2.38. The Morgan fingerprint density at radius 2 is 2.26 bits per heavy atom. The number of ether oxygens (including phenoxy) is 2. The Morgan fingerprint density at radius 1 is 1.53 bits per heavy atom. The van der Waals surface area contributed by atoms with Crippen LogP contribution in [0.4, 0.5) is 5.69 Å². The van der Waals surface area contributed by atoms with Gasteiger partial charge in [-0.05, 0) is 32.0 Å². The molecule has 0 amide bonds. The van der Waals surface area contributed by atoms with E-state index in [4.69, 9.17) is 15.2 Å². The molecule has 1 aliphatic rings. The molecule has 0 bridgehead atoms. The molecule has 2 unspecified atom stereocenters. The molecule has 0 saturated heterocycles. The number of nitrogens with zero attached hydrogens (tertiary/aromatic N) is 1. The Hall–Kier alpha value is -1.75. The summed E-state index contributed by atoms with van der Waals surface area (Å²) in [5.41, 5.74) is 6.99. The average molecular weight is 264 g/mol. The van der Waals surface area contributed by atoms with Crippen LogP contribution in [0.2, 0.25) is 0 Å². The molecule has 0 aliphatic carbocycles. The number of methoxy groups -OCH3 is 1. The number of carbonyl (C=O) groups excluding carboxylic acids is 1. The van der Waals surface area contributed by atoms with Gasteiger partial charge in [-0.1, -0.05) is 6.07 Å². The Bertz CT molecular complexity index is 476. The van der Waals surface area contributed by atoms with Gasteiger partial charge in [0.1, 0.15) is 11.7 Å². The highest BCUT2D eigenvalue weighted by atomic mass is 16.5. The molecule has 0 fully saturated rings. The molecule has 0 aromatic heterocycles. The van der Waals surface area contributed by atoms with E-state index in [1.165, 1.54) is 7.11 Å². The van der Waals surface area contributed by atoms with Gasteiger partial charge in [0, 0.05) is 7.05 Å². The summed E-state index contributed by atoms with van der Waals surface area (Å²) in [6.07, 6.45) is 0.730. The van der Waals surface area contributed by atoms with Crippen molar-refractivity contribution in [3.63, 3.8) is 0 Å². The molecule has 5 heteroatoms. The van der Waals surface area contributed by atoms with Gasteiger partial charge < -0.3 is 20.1 Å². The number of rotatable bonds is 3. The number of nitrogens with two attached hydrogens (primary N) is 1. The molecular weight excluding hydrogens is 244 g/mol. The van der Waals surface area contributed by atoms with Crippen LogP contribution in [0.3, 0.4) is 0 Å². The van der Waals surface area contributed by atoms with Crippen molar-refractivity contribution in [1.29, 1.82) is 0 Å². The number of likely N-dealkylation sites (N-methyl/N-ethyl adjacent to an activating group) is 1. The molecule has 0 radical (unpaired) electrons. The molecule has 1 aliphatic heterocycles. The summed E-state index contributed by atoms with van der Waals surface area (Å²) in [4.78, 5) is 13.9. The fourth-order valence-corrected chi connectivity index (χ4v) is 2.38. The molecule has 19 heavy (non-hydrogen) atoms. The molecule has 5 nitrogen and oxygen atoms in total. The number of hydrogen-bond acceptors (Lipinski definition) is 5. The van der Waals surface area contributed by atoms with Crippen molar-refractivity contribution in [3.05, 3.63) is 23.8 Å². The first kappa shape index (κ1) is 13.7. The van der Waals surface area contributed by atoms with Crippen LogP contribution in [0.25, 0.3) is 0 Å². The van der Waals surface area contributed by atoms with Crippen molar-refractivity contribution in [2.75, 3.05) is 25.6 Å². The minimum absolute atomic E-state index is 0.0201. The van der Waals surface area contributed by atoms with E-state index < -0.39 is 0 Å². The normalized spacial score (nSPS) is 21.6. The summed E-state index contributed by atoms with van der Waals surface area (Å²) >= 11 is 0. The van der Waals surface area contributed by atoms with Gasteiger partial charge in [-0.2, -0.15) is 0 Å². The first-order valence-electron chi connectivity index (χ1n) is 6.41. The lowest BCUT2D eigenvalue weighted by atomic mass is 10.0. The van der Waals surface area contributed by atoms with E-state index in [9.17, 15) is 4.79 Å². The third kappa shape index (κ3) is 2.38. The average Bonchev–Trinajstić information content (AvgIpc) is 2.43. The minimum Gasteiger partial charge on any atom is -0.485 e. The van der Waals surface area contributed by atoms with Gasteiger partial charge >= 0.3 is 5.97 Å². The second-order valence-corrected chi connectivity index (χ2v) is 4.73. The van der Waals surface area contributed by atoms with Crippen LogP contribution in [0.1, 0.15) is 23.7 Å². The second-order valence-electron chi connectivity index (χ2n) is 4.73. The lowest BCUT2D eigenvalue weighted by Gasteiger charge is -2.40. The Labute approximate surface area is 113 Å². The van der Waals surface area contributed by atoms with E-state index in [1.807, 2.05) is 19.2 Å². The molecule has 0 spiro atoms. The van der Waals surface area contributed by atoms with Crippen molar-refractivity contribution < 1.29 is 14.3 Å². The molecule has 1 heterocycles. The van der Waals surface area contributed by atoms with Gasteiger partial charge in [0.15, 0.2) is 5.75 Å². The fourth-order valence-electron chi connectivity index (χ4n) is 2.38. The lowest BCUT2D eigenvalue weighted by Crippen LogP contribution is -2.47. The van der Waals surface area contributed by atoms with Gasteiger partial charge in [-0.25, -0.2) is 4.79 Å². The SMILES string of the molecule is COC(=O)c1cccc2c1OC(CCN)C(C)N2C. The van der Waals surface area contributed by atoms with E-state index >= 15 is 0 Å². The van der Waals surface area contributed by atoms with Crippen molar-refractivity contribution in [3.8, 4) is 5.75 Å². The Morgan fingerprint density at radius 3 is 2.89 bits per heavy atom. The summed E-state index contributed by atoms with van der Waals surface area (Å²) in [6.45, 7) is 2.65. The van der Waals surface area contributed by atoms with Gasteiger partial charge in [-0.3, -0.25) is 0 Å². The summed E-state index contributed by atoms with van der Waals surface area (Å²) in [5.74, 6) is 0.208. The molecule has 2 atom stereocenters. The fraction of sp³-hybridized carbons (Fsp3) is 0.500. The van der Waals surface area contributed by atoms with Crippen LogP contribution in [-0.4, -0.2) is 38.8 Å². The van der Waals surface area contributed by atoms with Crippen LogP contribution in [-0.2, 0) is 4.74 Å². The van der Waals surface area contributed by atoms with E-state index in [-0.39, 0.29) is 18.1 Å². The molecule has 0 saturated carbocycles. The zero-order valence-electron chi connectivity index (χ0n) is 11.6. The number of carbonyl (C=O) groups is 1. The van der Waals surface area contributed by atoms with E-state index in [0.29, 0.717) is 17.9 Å². The quantitative estimate of drug-likeness (QED) is 0.836. The molecular formula is C14H20N2O3. The highest BCUT2D eigenvalue weighted by molar-refractivity contribution is 5.95. The topological polar surface area (TPSA) is 64.8 Å². The van der Waals surface area contributed by atoms with E-state index in [0.717, 1.165) is 12.1 Å². The van der Waals surface area contributed by atoms with Crippen LogP contribution in [0, 0.1) is 0 Å². The zero-order chi connectivity index (χ0) is 14.0. The van der Waals surface area contributed by atoms with Gasteiger partial charge in [0.2, 0.25) is 0 Å². The minimum atomic E-state index is -0.383. The third-order valence-corrected chi connectivity index (χ3v) is 3.65. The van der Waals surface area contributed by atoms with Crippen molar-refractivity contribution in [1.82, 2.24) is 0 Å². The smallest absolute Gasteiger partial charge is 0.341 e. The number of fused-ring (bicyclic) bond motifs is 1.